The second kappa shape index (κ2) is 9.24. The Labute approximate surface area is 198 Å². The molecule has 1 spiro atoms. The number of fused-ring (bicyclic) bond motifs is 1. The van der Waals surface area contributed by atoms with Crippen LogP contribution in [0.4, 0.5) is 5.69 Å². The number of aliphatic hydroxyl groups is 1. The molecule has 180 valence electrons. The van der Waals surface area contributed by atoms with Crippen molar-refractivity contribution in [2.75, 3.05) is 25.1 Å². The first-order valence-corrected chi connectivity index (χ1v) is 12.0. The summed E-state index contributed by atoms with van der Waals surface area (Å²) in [5.74, 6) is -2.60. The molecule has 8 nitrogen and oxygen atoms in total. The lowest BCUT2D eigenvalue weighted by molar-refractivity contribution is -0.158. The fourth-order valence-electron chi connectivity index (χ4n) is 5.89. The highest BCUT2D eigenvalue weighted by atomic mass is 35.5. The predicted octanol–water partition coefficient (Wildman–Crippen LogP) is 2.77. The van der Waals surface area contributed by atoms with Crippen LogP contribution in [0.2, 0.25) is 5.02 Å². The number of amides is 2. The summed E-state index contributed by atoms with van der Waals surface area (Å²) in [5, 5.41) is 12.4. The van der Waals surface area contributed by atoms with Gasteiger partial charge in [0.2, 0.25) is 11.8 Å². The zero-order chi connectivity index (χ0) is 23.8. The standard InChI is InChI=1S/C24H31ClN2O6/c1-3-32-22(31)18-17-21(30)27(13-7-4-8-14-28)19(24(17)12-11-23(18,2)33-24)20(29)26-16-10-6-5-9-15(16)25/h5-6,9-10,17-19,28H,3-4,7-8,11-14H2,1-2H3,(H,26,29)/t17-,18+,19?,23-,24?/m0/s1. The lowest BCUT2D eigenvalue weighted by atomic mass is 9.66. The minimum Gasteiger partial charge on any atom is -0.466 e. The number of likely N-dealkylation sites (tertiary alicyclic amines) is 1. The van der Waals surface area contributed by atoms with Crippen LogP contribution in [0.15, 0.2) is 24.3 Å². The Bertz CT molecular complexity index is 941. The van der Waals surface area contributed by atoms with Crippen LogP contribution in [-0.4, -0.2) is 64.8 Å². The van der Waals surface area contributed by atoms with Gasteiger partial charge < -0.3 is 24.8 Å². The maximum atomic E-state index is 13.7. The smallest absolute Gasteiger partial charge is 0.312 e. The Kier molecular flexibility index (Phi) is 6.71. The molecular formula is C24H31ClN2O6. The van der Waals surface area contributed by atoms with Crippen LogP contribution in [0, 0.1) is 11.8 Å². The maximum Gasteiger partial charge on any atom is 0.312 e. The van der Waals surface area contributed by atoms with E-state index in [1.807, 2.05) is 6.92 Å². The Morgan fingerprint density at radius 3 is 2.73 bits per heavy atom. The van der Waals surface area contributed by atoms with E-state index in [2.05, 4.69) is 5.32 Å². The van der Waals surface area contributed by atoms with E-state index < -0.39 is 35.0 Å². The van der Waals surface area contributed by atoms with Crippen LogP contribution in [0.3, 0.4) is 0 Å². The molecule has 3 aliphatic heterocycles. The van der Waals surface area contributed by atoms with Crippen molar-refractivity contribution >= 4 is 35.1 Å². The molecule has 1 aromatic rings. The molecule has 5 atom stereocenters. The number of nitrogens with one attached hydrogen (secondary N) is 1. The zero-order valence-corrected chi connectivity index (χ0v) is 19.8. The van der Waals surface area contributed by atoms with Gasteiger partial charge in [-0.3, -0.25) is 14.4 Å². The van der Waals surface area contributed by atoms with Crippen molar-refractivity contribution in [2.24, 2.45) is 11.8 Å². The van der Waals surface area contributed by atoms with Crippen molar-refractivity contribution in [3.05, 3.63) is 29.3 Å². The highest BCUT2D eigenvalue weighted by Crippen LogP contribution is 2.63. The number of hydrogen-bond donors (Lipinski definition) is 2. The van der Waals surface area contributed by atoms with Gasteiger partial charge in [0.15, 0.2) is 0 Å². The molecule has 9 heteroatoms. The van der Waals surface area contributed by atoms with Crippen LogP contribution in [0.25, 0.3) is 0 Å². The molecule has 0 radical (unpaired) electrons. The van der Waals surface area contributed by atoms with Crippen LogP contribution < -0.4 is 5.32 Å². The van der Waals surface area contributed by atoms with Crippen LogP contribution in [0.1, 0.15) is 46.0 Å². The second-order valence-electron chi connectivity index (χ2n) is 9.26. The molecule has 33 heavy (non-hydrogen) atoms. The Morgan fingerprint density at radius 2 is 2.03 bits per heavy atom. The van der Waals surface area contributed by atoms with Gasteiger partial charge in [0.1, 0.15) is 17.6 Å². The zero-order valence-electron chi connectivity index (χ0n) is 19.0. The molecule has 2 bridgehead atoms. The summed E-state index contributed by atoms with van der Waals surface area (Å²) in [4.78, 5) is 41.8. The molecule has 4 rings (SSSR count). The number of unbranched alkanes of at least 4 members (excludes halogenated alkanes) is 2. The fourth-order valence-corrected chi connectivity index (χ4v) is 6.07. The van der Waals surface area contributed by atoms with Crippen LogP contribution in [0.5, 0.6) is 0 Å². The van der Waals surface area contributed by atoms with Crippen LogP contribution >= 0.6 is 11.6 Å². The molecule has 0 aromatic heterocycles. The van der Waals surface area contributed by atoms with E-state index in [0.717, 1.165) is 6.42 Å². The van der Waals surface area contributed by atoms with E-state index in [9.17, 15) is 14.4 Å². The van der Waals surface area contributed by atoms with Gasteiger partial charge in [-0.15, -0.1) is 0 Å². The van der Waals surface area contributed by atoms with Crippen molar-refractivity contribution in [1.29, 1.82) is 0 Å². The number of aliphatic hydroxyl groups excluding tert-OH is 1. The number of carbonyl (C=O) groups excluding carboxylic acids is 3. The van der Waals surface area contributed by atoms with Crippen molar-refractivity contribution in [3.8, 4) is 0 Å². The van der Waals surface area contributed by atoms with Gasteiger partial charge in [-0.1, -0.05) is 23.7 Å². The lowest BCUT2D eigenvalue weighted by Crippen LogP contribution is -2.53. The first kappa shape index (κ1) is 24.0. The third kappa shape index (κ3) is 3.92. The van der Waals surface area contributed by atoms with Gasteiger partial charge in [-0.2, -0.15) is 0 Å². The maximum absolute atomic E-state index is 13.7. The summed E-state index contributed by atoms with van der Waals surface area (Å²) in [6.45, 7) is 4.19. The van der Waals surface area contributed by atoms with Crippen molar-refractivity contribution in [2.45, 2.75) is 63.2 Å². The lowest BCUT2D eigenvalue weighted by Gasteiger charge is -2.33. The number of rotatable bonds is 9. The highest BCUT2D eigenvalue weighted by molar-refractivity contribution is 6.33. The summed E-state index contributed by atoms with van der Waals surface area (Å²) in [5.41, 5.74) is -1.48. The largest absolute Gasteiger partial charge is 0.466 e. The number of nitrogens with zero attached hydrogens (tertiary/aromatic N) is 1. The topological polar surface area (TPSA) is 105 Å². The summed E-state index contributed by atoms with van der Waals surface area (Å²) in [7, 11) is 0. The number of anilines is 1. The van der Waals surface area contributed by atoms with E-state index in [4.69, 9.17) is 26.2 Å². The highest BCUT2D eigenvalue weighted by Gasteiger charge is 2.78. The van der Waals surface area contributed by atoms with E-state index in [1.165, 1.54) is 0 Å². The number of esters is 1. The molecular weight excluding hydrogens is 448 g/mol. The molecule has 3 heterocycles. The van der Waals surface area contributed by atoms with Gasteiger partial charge in [-0.25, -0.2) is 0 Å². The molecule has 3 saturated heterocycles. The Hall–Kier alpha value is -2.16. The van der Waals surface area contributed by atoms with Gasteiger partial charge >= 0.3 is 5.97 Å². The summed E-state index contributed by atoms with van der Waals surface area (Å²) in [6.07, 6.45) is 3.04. The average molecular weight is 479 g/mol. The number of halogens is 1. The quantitative estimate of drug-likeness (QED) is 0.417. The second-order valence-corrected chi connectivity index (χ2v) is 9.67. The van der Waals surface area contributed by atoms with Gasteiger partial charge in [-0.05, 0) is 58.1 Å². The fraction of sp³-hybridized carbons (Fsp3) is 0.625. The molecule has 1 aromatic carbocycles. The summed E-state index contributed by atoms with van der Waals surface area (Å²) in [6, 6.07) is 6.03. The normalized spacial score (nSPS) is 32.2. The third-order valence-electron chi connectivity index (χ3n) is 7.25. The number of carbonyl (C=O) groups is 3. The van der Waals surface area contributed by atoms with Crippen molar-refractivity contribution in [3.63, 3.8) is 0 Å². The van der Waals surface area contributed by atoms with Crippen LogP contribution in [-0.2, 0) is 23.9 Å². The molecule has 0 aliphatic carbocycles. The number of ether oxygens (including phenoxy) is 2. The summed E-state index contributed by atoms with van der Waals surface area (Å²) >= 11 is 6.26. The van der Waals surface area contributed by atoms with E-state index >= 15 is 0 Å². The van der Waals surface area contributed by atoms with E-state index in [1.54, 1.807) is 36.1 Å². The number of benzene rings is 1. The minimum absolute atomic E-state index is 0.0727. The molecule has 2 unspecified atom stereocenters. The first-order chi connectivity index (χ1) is 15.8. The molecule has 3 aliphatic rings. The average Bonchev–Trinajstić information content (AvgIpc) is 3.34. The van der Waals surface area contributed by atoms with Crippen molar-refractivity contribution in [1.82, 2.24) is 4.90 Å². The summed E-state index contributed by atoms with van der Waals surface area (Å²) < 4.78 is 11.8. The molecule has 2 amide bonds. The Balaban J connectivity index is 1.69. The predicted molar refractivity (Wildman–Crippen MR) is 122 cm³/mol. The van der Waals surface area contributed by atoms with E-state index in [0.29, 0.717) is 42.9 Å². The number of hydrogen-bond acceptors (Lipinski definition) is 6. The van der Waals surface area contributed by atoms with E-state index in [-0.39, 0.29) is 25.0 Å². The van der Waals surface area contributed by atoms with Gasteiger partial charge in [0.05, 0.1) is 28.8 Å². The van der Waals surface area contributed by atoms with Crippen molar-refractivity contribution < 1.29 is 29.0 Å². The van der Waals surface area contributed by atoms with Gasteiger partial charge in [0.25, 0.3) is 0 Å². The molecule has 0 saturated carbocycles. The Morgan fingerprint density at radius 1 is 1.27 bits per heavy atom. The monoisotopic (exact) mass is 478 g/mol. The van der Waals surface area contributed by atoms with Gasteiger partial charge in [0, 0.05) is 13.2 Å². The first-order valence-electron chi connectivity index (χ1n) is 11.6. The SMILES string of the molecule is CCOC(=O)[C@H]1[C@H]2C(=O)N(CCCCCO)C(C(=O)Nc3ccccc3Cl)C23CC[C@]1(C)O3. The minimum atomic E-state index is -1.09. The third-order valence-corrected chi connectivity index (χ3v) is 7.58. The molecule has 3 fully saturated rings. The molecule has 2 N–H and O–H groups in total. The number of para-hydroxylation sites is 1.